The van der Waals surface area contributed by atoms with Gasteiger partial charge < -0.3 is 4.90 Å². The van der Waals surface area contributed by atoms with E-state index in [-0.39, 0.29) is 0 Å². The molecule has 0 aliphatic heterocycles. The Kier molecular flexibility index (Phi) is 6.91. The minimum atomic E-state index is 0.983. The first-order valence-electron chi connectivity index (χ1n) is 9.37. The zero-order valence-electron chi connectivity index (χ0n) is 15.5. The van der Waals surface area contributed by atoms with Gasteiger partial charge in [0.05, 0.1) is 0 Å². The van der Waals surface area contributed by atoms with E-state index in [2.05, 4.69) is 70.3 Å². The van der Waals surface area contributed by atoms with Crippen molar-refractivity contribution in [2.45, 2.75) is 26.2 Å². The van der Waals surface area contributed by atoms with Gasteiger partial charge in [-0.3, -0.25) is 9.97 Å². The fraction of sp³-hybridized carbons (Fsp3) is 0.304. The second kappa shape index (κ2) is 9.83. The van der Waals surface area contributed by atoms with Gasteiger partial charge in [-0.2, -0.15) is 0 Å². The maximum atomic E-state index is 4.46. The van der Waals surface area contributed by atoms with Crippen LogP contribution in [0.25, 0.3) is 0 Å². The van der Waals surface area contributed by atoms with E-state index in [1.54, 1.807) is 0 Å². The molecule has 0 bridgehead atoms. The van der Waals surface area contributed by atoms with Crippen molar-refractivity contribution in [1.82, 2.24) is 14.9 Å². The number of aromatic nitrogens is 2. The Morgan fingerprint density at radius 1 is 0.654 bits per heavy atom. The van der Waals surface area contributed by atoms with Gasteiger partial charge in [0.1, 0.15) is 0 Å². The van der Waals surface area contributed by atoms with Gasteiger partial charge in [-0.15, -0.1) is 0 Å². The summed E-state index contributed by atoms with van der Waals surface area (Å²) in [4.78, 5) is 11.4. The van der Waals surface area contributed by atoms with Crippen LogP contribution in [0.1, 0.15) is 22.5 Å². The van der Waals surface area contributed by atoms with Crippen molar-refractivity contribution in [3.63, 3.8) is 0 Å². The van der Waals surface area contributed by atoms with E-state index in [1.165, 1.54) is 11.1 Å². The Morgan fingerprint density at radius 3 is 1.69 bits per heavy atom. The predicted molar refractivity (Wildman–Crippen MR) is 107 cm³/mol. The van der Waals surface area contributed by atoms with E-state index in [4.69, 9.17) is 0 Å². The normalized spacial score (nSPS) is 11.0. The molecule has 3 aromatic rings. The second-order valence-electron chi connectivity index (χ2n) is 6.72. The molecule has 1 aromatic carbocycles. The molecule has 0 radical (unpaired) electrons. The highest BCUT2D eigenvalue weighted by Gasteiger charge is 2.07. The molecule has 0 aliphatic carbocycles. The number of hydrogen-bond donors (Lipinski definition) is 0. The molecule has 3 rings (SSSR count). The molecule has 3 heteroatoms. The highest BCUT2D eigenvalue weighted by molar-refractivity contribution is 5.21. The minimum absolute atomic E-state index is 0.983. The largest absolute Gasteiger partial charge is 0.302 e. The van der Waals surface area contributed by atoms with Gasteiger partial charge in [0.15, 0.2) is 0 Å². The first kappa shape index (κ1) is 18.3. The van der Waals surface area contributed by atoms with Crippen molar-refractivity contribution in [2.24, 2.45) is 0 Å². The maximum Gasteiger partial charge on any atom is 0.0416 e. The number of aryl methyl sites for hydroxylation is 1. The van der Waals surface area contributed by atoms with E-state index in [0.29, 0.717) is 0 Å². The highest BCUT2D eigenvalue weighted by atomic mass is 15.1. The van der Waals surface area contributed by atoms with Crippen LogP contribution in [0.15, 0.2) is 73.1 Å². The monoisotopic (exact) mass is 345 g/mol. The van der Waals surface area contributed by atoms with Crippen molar-refractivity contribution < 1.29 is 0 Å². The maximum absolute atomic E-state index is 4.46. The SMILES string of the molecule is Cc1ccc(CCN(CCc2ccccn2)CCc2ccccn2)cc1. The Hall–Kier alpha value is -2.52. The van der Waals surface area contributed by atoms with Gasteiger partial charge in [0, 0.05) is 56.3 Å². The summed E-state index contributed by atoms with van der Waals surface area (Å²) < 4.78 is 0. The summed E-state index contributed by atoms with van der Waals surface area (Å²) >= 11 is 0. The predicted octanol–water partition coefficient (Wildman–Crippen LogP) is 4.11. The Bertz CT molecular complexity index is 711. The molecule has 0 fully saturated rings. The van der Waals surface area contributed by atoms with Gasteiger partial charge in [-0.25, -0.2) is 0 Å². The fourth-order valence-corrected chi connectivity index (χ4v) is 3.01. The molecule has 2 aromatic heterocycles. The van der Waals surface area contributed by atoms with Crippen LogP contribution in [-0.4, -0.2) is 34.5 Å². The quantitative estimate of drug-likeness (QED) is 0.584. The summed E-state index contributed by atoms with van der Waals surface area (Å²) in [6.45, 7) is 5.24. The minimum Gasteiger partial charge on any atom is -0.302 e. The van der Waals surface area contributed by atoms with Crippen LogP contribution >= 0.6 is 0 Å². The standard InChI is InChI=1S/C23H27N3/c1-20-8-10-21(11-9-20)12-17-26(18-13-22-6-2-4-15-24-22)19-14-23-7-3-5-16-25-23/h2-11,15-16H,12-14,17-19H2,1H3. The summed E-state index contributed by atoms with van der Waals surface area (Å²) in [6, 6.07) is 21.2. The van der Waals surface area contributed by atoms with Crippen molar-refractivity contribution in [3.05, 3.63) is 95.6 Å². The second-order valence-corrected chi connectivity index (χ2v) is 6.72. The molecule has 2 heterocycles. The van der Waals surface area contributed by atoms with E-state index < -0.39 is 0 Å². The molecule has 26 heavy (non-hydrogen) atoms. The van der Waals surface area contributed by atoms with Crippen LogP contribution in [-0.2, 0) is 19.3 Å². The molecule has 0 amide bonds. The van der Waals surface area contributed by atoms with Crippen LogP contribution < -0.4 is 0 Å². The van der Waals surface area contributed by atoms with Crippen molar-refractivity contribution >= 4 is 0 Å². The van der Waals surface area contributed by atoms with E-state index in [0.717, 1.165) is 50.3 Å². The lowest BCUT2D eigenvalue weighted by Gasteiger charge is -2.22. The molecule has 134 valence electrons. The van der Waals surface area contributed by atoms with Crippen molar-refractivity contribution in [2.75, 3.05) is 19.6 Å². The van der Waals surface area contributed by atoms with Crippen LogP contribution in [0, 0.1) is 6.92 Å². The average Bonchev–Trinajstić information content (AvgIpc) is 2.70. The number of benzene rings is 1. The van der Waals surface area contributed by atoms with Crippen LogP contribution in [0.2, 0.25) is 0 Å². The van der Waals surface area contributed by atoms with E-state index in [1.807, 2.05) is 24.5 Å². The summed E-state index contributed by atoms with van der Waals surface area (Å²) in [7, 11) is 0. The zero-order chi connectivity index (χ0) is 18.0. The third-order valence-electron chi connectivity index (χ3n) is 4.66. The molecule has 0 spiro atoms. The van der Waals surface area contributed by atoms with E-state index in [9.17, 15) is 0 Å². The van der Waals surface area contributed by atoms with Gasteiger partial charge >= 0.3 is 0 Å². The Labute approximate surface area is 156 Å². The third kappa shape index (κ3) is 6.08. The van der Waals surface area contributed by atoms with Crippen LogP contribution in [0.3, 0.4) is 0 Å². The number of rotatable bonds is 9. The average molecular weight is 345 g/mol. The van der Waals surface area contributed by atoms with Crippen molar-refractivity contribution in [1.29, 1.82) is 0 Å². The van der Waals surface area contributed by atoms with Crippen LogP contribution in [0.4, 0.5) is 0 Å². The van der Waals surface area contributed by atoms with Crippen molar-refractivity contribution in [3.8, 4) is 0 Å². The Balaban J connectivity index is 1.57. The third-order valence-corrected chi connectivity index (χ3v) is 4.66. The topological polar surface area (TPSA) is 29.0 Å². The molecule has 3 nitrogen and oxygen atoms in total. The summed E-state index contributed by atoms with van der Waals surface area (Å²) in [6.07, 6.45) is 6.79. The number of hydrogen-bond acceptors (Lipinski definition) is 3. The molecule has 0 N–H and O–H groups in total. The lowest BCUT2D eigenvalue weighted by molar-refractivity contribution is 0.282. The lowest BCUT2D eigenvalue weighted by atomic mass is 10.1. The summed E-state index contributed by atoms with van der Waals surface area (Å²) in [5.74, 6) is 0. The lowest BCUT2D eigenvalue weighted by Crippen LogP contribution is -2.31. The number of pyridine rings is 2. The molecule has 0 saturated carbocycles. The van der Waals surface area contributed by atoms with Gasteiger partial charge in [0.25, 0.3) is 0 Å². The molecule has 0 unspecified atom stereocenters. The van der Waals surface area contributed by atoms with Gasteiger partial charge in [-0.1, -0.05) is 42.0 Å². The fourth-order valence-electron chi connectivity index (χ4n) is 3.01. The van der Waals surface area contributed by atoms with Crippen LogP contribution in [0.5, 0.6) is 0 Å². The number of nitrogens with zero attached hydrogens (tertiary/aromatic N) is 3. The molecular weight excluding hydrogens is 318 g/mol. The molecular formula is C23H27N3. The first-order valence-corrected chi connectivity index (χ1v) is 9.37. The highest BCUT2D eigenvalue weighted by Crippen LogP contribution is 2.07. The smallest absolute Gasteiger partial charge is 0.0416 e. The molecule has 0 atom stereocenters. The van der Waals surface area contributed by atoms with Gasteiger partial charge in [-0.05, 0) is 43.2 Å². The molecule has 0 aliphatic rings. The summed E-state index contributed by atoms with van der Waals surface area (Å²) in [5.41, 5.74) is 5.03. The first-order chi connectivity index (χ1) is 12.8. The zero-order valence-corrected chi connectivity index (χ0v) is 15.5. The van der Waals surface area contributed by atoms with Gasteiger partial charge in [0.2, 0.25) is 0 Å². The molecule has 0 saturated heterocycles. The Morgan fingerprint density at radius 2 is 1.19 bits per heavy atom. The summed E-state index contributed by atoms with van der Waals surface area (Å²) in [5, 5.41) is 0. The van der Waals surface area contributed by atoms with E-state index >= 15 is 0 Å².